The van der Waals surface area contributed by atoms with Gasteiger partial charge in [-0.2, -0.15) is 0 Å². The zero-order chi connectivity index (χ0) is 16.1. The summed E-state index contributed by atoms with van der Waals surface area (Å²) in [5.74, 6) is 0.647. The molecule has 0 heterocycles. The van der Waals surface area contributed by atoms with Crippen LogP contribution in [0.25, 0.3) is 0 Å². The van der Waals surface area contributed by atoms with Crippen molar-refractivity contribution in [2.75, 3.05) is 5.75 Å². The van der Waals surface area contributed by atoms with Gasteiger partial charge in [0, 0.05) is 5.25 Å². The van der Waals surface area contributed by atoms with Crippen LogP contribution >= 0.6 is 11.8 Å². The lowest BCUT2D eigenvalue weighted by molar-refractivity contribution is -0.119. The van der Waals surface area contributed by atoms with E-state index in [0.29, 0.717) is 11.0 Å². The number of benzene rings is 2. The number of nitrogens with one attached hydrogen (secondary N) is 1. The van der Waals surface area contributed by atoms with Crippen LogP contribution in [0.2, 0.25) is 0 Å². The number of carbonyl (C=O) groups is 1. The van der Waals surface area contributed by atoms with Gasteiger partial charge in [0.05, 0.1) is 11.8 Å². The van der Waals surface area contributed by atoms with Crippen LogP contribution in [-0.4, -0.2) is 11.7 Å². The Hall–Kier alpha value is -1.74. The van der Waals surface area contributed by atoms with E-state index < -0.39 is 0 Å². The van der Waals surface area contributed by atoms with E-state index in [0.717, 1.165) is 19.3 Å². The van der Waals surface area contributed by atoms with E-state index >= 15 is 0 Å². The number of fused-ring (bicyclic) bond motifs is 1. The Morgan fingerprint density at radius 1 is 1.17 bits per heavy atom. The third-order valence-electron chi connectivity index (χ3n) is 4.44. The molecule has 0 fully saturated rings. The second-order valence-electron chi connectivity index (χ2n) is 6.08. The second-order valence-corrected chi connectivity index (χ2v) is 7.40. The molecule has 1 aliphatic rings. The molecule has 1 amide bonds. The summed E-state index contributed by atoms with van der Waals surface area (Å²) in [5.41, 5.74) is 3.95. The Bertz CT molecular complexity index is 656. The topological polar surface area (TPSA) is 29.1 Å². The molecule has 0 spiro atoms. The van der Waals surface area contributed by atoms with Gasteiger partial charge in [-0.3, -0.25) is 4.79 Å². The van der Waals surface area contributed by atoms with E-state index in [1.165, 1.54) is 16.7 Å². The lowest BCUT2D eigenvalue weighted by Crippen LogP contribution is -2.32. The number of hydrogen-bond donors (Lipinski definition) is 1. The van der Waals surface area contributed by atoms with E-state index in [1.807, 2.05) is 18.2 Å². The normalized spacial score (nSPS) is 18.0. The zero-order valence-corrected chi connectivity index (χ0v) is 14.3. The molecule has 1 aliphatic carbocycles. The molecule has 0 unspecified atom stereocenters. The van der Waals surface area contributed by atoms with Gasteiger partial charge < -0.3 is 5.32 Å². The van der Waals surface area contributed by atoms with E-state index in [1.54, 1.807) is 11.8 Å². The first kappa shape index (κ1) is 16.1. The standard InChI is InChI=1S/C20H23NOS/c1-15(16-8-3-2-4-9-16)23-14-20(22)21-19-13-7-11-17-10-5-6-12-18(17)19/h2-6,8-10,12,15,19H,7,11,13-14H2,1H3,(H,21,22)/t15-,19+/m0/s1. The first-order valence-electron chi connectivity index (χ1n) is 8.28. The number of rotatable bonds is 5. The highest BCUT2D eigenvalue weighted by Crippen LogP contribution is 2.30. The quantitative estimate of drug-likeness (QED) is 0.865. The molecule has 2 aromatic carbocycles. The van der Waals surface area contributed by atoms with Crippen molar-refractivity contribution in [3.05, 3.63) is 71.3 Å². The highest BCUT2D eigenvalue weighted by atomic mass is 32.2. The third kappa shape index (κ3) is 4.17. The molecular weight excluding hydrogens is 302 g/mol. The van der Waals surface area contributed by atoms with E-state index in [9.17, 15) is 4.79 Å². The second kappa shape index (κ2) is 7.69. The molecule has 3 heteroatoms. The number of thioether (sulfide) groups is 1. The molecule has 3 rings (SSSR count). The summed E-state index contributed by atoms with van der Waals surface area (Å²) in [4.78, 5) is 12.3. The molecule has 0 aliphatic heterocycles. The first-order valence-corrected chi connectivity index (χ1v) is 9.32. The minimum absolute atomic E-state index is 0.138. The maximum atomic E-state index is 12.3. The average molecular weight is 325 g/mol. The molecule has 0 bridgehead atoms. The van der Waals surface area contributed by atoms with E-state index in [2.05, 4.69) is 48.6 Å². The van der Waals surface area contributed by atoms with Crippen molar-refractivity contribution in [2.24, 2.45) is 0 Å². The van der Waals surface area contributed by atoms with E-state index in [-0.39, 0.29) is 11.9 Å². The van der Waals surface area contributed by atoms with E-state index in [4.69, 9.17) is 0 Å². The molecule has 1 N–H and O–H groups in total. The Labute approximate surface area is 142 Å². The van der Waals surface area contributed by atoms with Crippen molar-refractivity contribution in [1.29, 1.82) is 0 Å². The summed E-state index contributed by atoms with van der Waals surface area (Å²) in [6.45, 7) is 2.16. The van der Waals surface area contributed by atoms with Crippen LogP contribution in [-0.2, 0) is 11.2 Å². The molecule has 2 atom stereocenters. The minimum atomic E-state index is 0.138. The summed E-state index contributed by atoms with van der Waals surface area (Å²) in [5, 5.41) is 3.56. The number of carbonyl (C=O) groups excluding carboxylic acids is 1. The van der Waals surface area contributed by atoms with Crippen molar-refractivity contribution in [2.45, 2.75) is 37.5 Å². The van der Waals surface area contributed by atoms with Gasteiger partial charge in [0.1, 0.15) is 0 Å². The van der Waals surface area contributed by atoms with Crippen molar-refractivity contribution >= 4 is 17.7 Å². The van der Waals surface area contributed by atoms with Gasteiger partial charge in [0.15, 0.2) is 0 Å². The van der Waals surface area contributed by atoms with Crippen LogP contribution in [0.5, 0.6) is 0 Å². The van der Waals surface area contributed by atoms with Crippen molar-refractivity contribution in [3.8, 4) is 0 Å². The van der Waals surface area contributed by atoms with Crippen molar-refractivity contribution < 1.29 is 4.79 Å². The van der Waals surface area contributed by atoms with Gasteiger partial charge in [0.2, 0.25) is 5.91 Å². The highest BCUT2D eigenvalue weighted by Gasteiger charge is 2.21. The molecule has 2 nitrogen and oxygen atoms in total. The Morgan fingerprint density at radius 3 is 2.74 bits per heavy atom. The summed E-state index contributed by atoms with van der Waals surface area (Å²) >= 11 is 1.70. The maximum absolute atomic E-state index is 12.3. The summed E-state index contributed by atoms with van der Waals surface area (Å²) < 4.78 is 0. The molecule has 2 aromatic rings. The van der Waals surface area contributed by atoms with Crippen molar-refractivity contribution in [1.82, 2.24) is 5.32 Å². The molecular formula is C20H23NOS. The van der Waals surface area contributed by atoms with Gasteiger partial charge in [-0.25, -0.2) is 0 Å². The monoisotopic (exact) mass is 325 g/mol. The molecule has 0 saturated heterocycles. The summed E-state index contributed by atoms with van der Waals surface area (Å²) in [6, 6.07) is 19.0. The summed E-state index contributed by atoms with van der Waals surface area (Å²) in [7, 11) is 0. The largest absolute Gasteiger partial charge is 0.349 e. The number of hydrogen-bond acceptors (Lipinski definition) is 2. The first-order chi connectivity index (χ1) is 11.2. The molecule has 120 valence electrons. The lowest BCUT2D eigenvalue weighted by Gasteiger charge is -2.26. The SMILES string of the molecule is C[C@H](SCC(=O)N[C@@H]1CCCc2ccccc21)c1ccccc1. The van der Waals surface area contributed by atoms with Crippen molar-refractivity contribution in [3.63, 3.8) is 0 Å². The van der Waals surface area contributed by atoms with Gasteiger partial charge in [0.25, 0.3) is 0 Å². The van der Waals surface area contributed by atoms with Gasteiger partial charge >= 0.3 is 0 Å². The number of aryl methyl sites for hydroxylation is 1. The third-order valence-corrected chi connectivity index (χ3v) is 5.64. The molecule has 0 radical (unpaired) electrons. The highest BCUT2D eigenvalue weighted by molar-refractivity contribution is 8.00. The predicted octanol–water partition coefficient (Wildman–Crippen LogP) is 4.67. The fourth-order valence-electron chi connectivity index (χ4n) is 3.16. The molecule has 0 saturated carbocycles. The number of amides is 1. The van der Waals surface area contributed by atoms with Crippen LogP contribution in [0.15, 0.2) is 54.6 Å². The van der Waals surface area contributed by atoms with Gasteiger partial charge in [-0.1, -0.05) is 54.6 Å². The Morgan fingerprint density at radius 2 is 1.91 bits per heavy atom. The molecule has 0 aromatic heterocycles. The van der Waals surface area contributed by atoms with Crippen LogP contribution in [0.4, 0.5) is 0 Å². The van der Waals surface area contributed by atoms with Crippen LogP contribution in [0, 0.1) is 0 Å². The Balaban J connectivity index is 1.54. The minimum Gasteiger partial charge on any atom is -0.349 e. The van der Waals surface area contributed by atoms with Gasteiger partial charge in [-0.05, 0) is 42.9 Å². The smallest absolute Gasteiger partial charge is 0.230 e. The molecule has 23 heavy (non-hydrogen) atoms. The Kier molecular flexibility index (Phi) is 5.39. The zero-order valence-electron chi connectivity index (χ0n) is 13.5. The predicted molar refractivity (Wildman–Crippen MR) is 97.6 cm³/mol. The fourth-order valence-corrected chi connectivity index (χ4v) is 4.00. The van der Waals surface area contributed by atoms with Gasteiger partial charge in [-0.15, -0.1) is 11.8 Å². The lowest BCUT2D eigenvalue weighted by atomic mass is 9.88. The summed E-state index contributed by atoms with van der Waals surface area (Å²) in [6.07, 6.45) is 3.32. The van der Waals surface area contributed by atoms with Crippen LogP contribution in [0.1, 0.15) is 47.7 Å². The maximum Gasteiger partial charge on any atom is 0.230 e. The average Bonchev–Trinajstić information content (AvgIpc) is 2.61. The van der Waals surface area contributed by atoms with Crippen LogP contribution in [0.3, 0.4) is 0 Å². The fraction of sp³-hybridized carbons (Fsp3) is 0.350. The van der Waals surface area contributed by atoms with Crippen LogP contribution < -0.4 is 5.32 Å².